The van der Waals surface area contributed by atoms with Gasteiger partial charge in [-0.25, -0.2) is 0 Å². The molecule has 0 saturated heterocycles. The molecule has 0 aromatic heterocycles. The zero-order valence-electron chi connectivity index (χ0n) is 105. The Kier molecular flexibility index (Phi) is 69.1. The molecule has 0 aliphatic heterocycles. The highest BCUT2D eigenvalue weighted by Gasteiger charge is 2.29. The molecule has 0 amide bonds. The van der Waals surface area contributed by atoms with Gasteiger partial charge in [0.25, 0.3) is 0 Å². The van der Waals surface area contributed by atoms with Crippen molar-refractivity contribution in [2.45, 2.75) is 283 Å². The molecule has 828 valence electrons. The monoisotopic (exact) mass is 2040 g/mol. The van der Waals surface area contributed by atoms with Crippen molar-refractivity contribution in [1.29, 1.82) is 0 Å². The molecule has 0 saturated carbocycles. The molecule has 6 aliphatic carbocycles. The van der Waals surface area contributed by atoms with Gasteiger partial charge in [-0.1, -0.05) is 372 Å². The standard InChI is InChI=1S/6C19H24N2.12C2H6/c1-20(2)12-14-6-8-18-17(9-14)11-16-7-5-15(10-19(16)18)13-21(3)4;1-20(2)12-14-5-7-18-16(9-14)11-17-10-15(13-21(3)4)6-8-19(17)18;1-20(2)12-14-7-5-9-16-17-10-6-8-15(13-21(3)4)19(17)11-18(14)16;1-20(2)12-15-8-6-10-17-18(15)11-14-7-5-9-16(19(14)17)13-21(3)4;1-20(2)12-14-8-9-15-11-19-16(13-21(3)4)6-5-7-17(19)18(15)10-14;1-20(2)12-14-8-9-17-16(10-14)11-19-15(13-21(3)4)6-5-7-18(17)19;12*1-2/h6*5-10H,11-13H2,1-4H3;12*1-2H3. The van der Waals surface area contributed by atoms with Crippen LogP contribution in [0.1, 0.15) is 300 Å². The van der Waals surface area contributed by atoms with Crippen LogP contribution >= 0.6 is 0 Å². The third kappa shape index (κ3) is 42.2. The second kappa shape index (κ2) is 75.0. The quantitative estimate of drug-likeness (QED) is 0.0579. The van der Waals surface area contributed by atoms with Gasteiger partial charge in [-0.2, -0.15) is 0 Å². The highest BCUT2D eigenvalue weighted by atomic mass is 15.1. The third-order valence-corrected chi connectivity index (χ3v) is 24.5. The summed E-state index contributed by atoms with van der Waals surface area (Å²) in [6.45, 7) is 60.1. The van der Waals surface area contributed by atoms with E-state index < -0.39 is 0 Å². The Morgan fingerprint density at radius 3 is 0.607 bits per heavy atom. The number of fused-ring (bicyclic) bond motifs is 18. The SMILES string of the molecule is CC.CC.CC.CC.CC.CC.CC.CC.CC.CC.CC.CC.CN(C)Cc1ccc2c(c1)-c1cccc(CN(C)C)c1C2.CN(C)Cc1ccc2c(c1)Cc1c(CN(C)C)cccc1-2.CN(C)Cc1ccc2c(c1)Cc1cc(CN(C)C)ccc1-2.CN(C)Cc1ccc2c(c1)Cc1ccc(CN(C)C)cc1-2.CN(C)Cc1cccc2c1Cc1c(CN(C)C)cccc1-2.CN(C)Cc1cccc2c1Cc1cccc(CN(C)C)c1-2. The summed E-state index contributed by atoms with van der Waals surface area (Å²) in [6.07, 6.45) is 6.48. The topological polar surface area (TPSA) is 38.9 Å². The molecular formula is C138H216N12. The molecule has 0 fully saturated rings. The zero-order valence-corrected chi connectivity index (χ0v) is 105. The molecule has 12 heteroatoms. The molecule has 0 radical (unpaired) electrons. The van der Waals surface area contributed by atoms with Crippen molar-refractivity contribution >= 4 is 0 Å². The van der Waals surface area contributed by atoms with Crippen LogP contribution in [0, 0.1) is 0 Å². The number of hydrogen-bond donors (Lipinski definition) is 0. The van der Waals surface area contributed by atoms with Crippen LogP contribution in [0.5, 0.6) is 0 Å². The van der Waals surface area contributed by atoms with Crippen molar-refractivity contribution in [3.63, 3.8) is 0 Å². The van der Waals surface area contributed by atoms with Crippen LogP contribution in [0.4, 0.5) is 0 Å². The molecule has 18 rings (SSSR count). The van der Waals surface area contributed by atoms with Crippen LogP contribution in [-0.4, -0.2) is 228 Å². The highest BCUT2D eigenvalue weighted by Crippen LogP contribution is 2.46. The van der Waals surface area contributed by atoms with Gasteiger partial charge in [0.2, 0.25) is 0 Å². The van der Waals surface area contributed by atoms with Crippen LogP contribution in [0.25, 0.3) is 66.8 Å². The zero-order chi connectivity index (χ0) is 114. The summed E-state index contributed by atoms with van der Waals surface area (Å²) >= 11 is 0. The van der Waals surface area contributed by atoms with Crippen molar-refractivity contribution in [3.8, 4) is 66.8 Å². The maximum absolute atomic E-state index is 2.38. The van der Waals surface area contributed by atoms with E-state index in [9.17, 15) is 0 Å². The van der Waals surface area contributed by atoms with Crippen LogP contribution in [0.15, 0.2) is 218 Å². The van der Waals surface area contributed by atoms with Crippen molar-refractivity contribution in [2.75, 3.05) is 169 Å². The van der Waals surface area contributed by atoms with Crippen LogP contribution in [0.3, 0.4) is 0 Å². The molecule has 6 aliphatic rings. The minimum atomic E-state index is 1.00. The fraction of sp³-hybridized carbons (Fsp3) is 0.478. The van der Waals surface area contributed by atoms with Gasteiger partial charge in [0.05, 0.1) is 0 Å². The van der Waals surface area contributed by atoms with E-state index in [1.165, 1.54) is 200 Å². The van der Waals surface area contributed by atoms with E-state index in [2.05, 4.69) is 446 Å². The average Bonchev–Trinajstić information content (AvgIpc) is 1.60. The fourth-order valence-electron chi connectivity index (χ4n) is 19.7. The molecule has 0 N–H and O–H groups in total. The van der Waals surface area contributed by atoms with Crippen molar-refractivity contribution in [2.24, 2.45) is 0 Å². The molecule has 0 heterocycles. The highest BCUT2D eigenvalue weighted by molar-refractivity contribution is 5.84. The van der Waals surface area contributed by atoms with E-state index in [4.69, 9.17) is 0 Å². The summed E-state index contributed by atoms with van der Waals surface area (Å²) in [7, 11) is 51.1. The summed E-state index contributed by atoms with van der Waals surface area (Å²) in [4.78, 5) is 26.8. The normalized spacial score (nSPS) is 11.3. The first-order valence-corrected chi connectivity index (χ1v) is 57.4. The van der Waals surface area contributed by atoms with Gasteiger partial charge >= 0.3 is 0 Å². The predicted octanol–water partition coefficient (Wildman–Crippen LogP) is 32.6. The van der Waals surface area contributed by atoms with Crippen LogP contribution in [-0.2, 0) is 117 Å². The molecule has 12 nitrogen and oxygen atoms in total. The Morgan fingerprint density at radius 2 is 0.313 bits per heavy atom. The Labute approximate surface area is 923 Å². The maximum atomic E-state index is 2.38. The minimum Gasteiger partial charge on any atom is -0.305 e. The first-order valence-electron chi connectivity index (χ1n) is 57.4. The average molecular weight is 2040 g/mol. The lowest BCUT2D eigenvalue weighted by atomic mass is 9.97. The van der Waals surface area contributed by atoms with E-state index in [1.807, 2.05) is 166 Å². The number of nitrogens with zero attached hydrogens (tertiary/aromatic N) is 12. The summed E-state index contributed by atoms with van der Waals surface area (Å²) in [5.41, 5.74) is 52.3. The van der Waals surface area contributed by atoms with Gasteiger partial charge in [0.15, 0.2) is 0 Å². The smallest absolute Gasteiger partial charge is 0.0233 e. The number of rotatable bonds is 24. The van der Waals surface area contributed by atoms with Crippen LogP contribution in [0.2, 0.25) is 0 Å². The third-order valence-electron chi connectivity index (χ3n) is 24.5. The fourth-order valence-corrected chi connectivity index (χ4v) is 19.7. The predicted molar refractivity (Wildman–Crippen MR) is 673 cm³/mol. The van der Waals surface area contributed by atoms with E-state index in [1.54, 1.807) is 0 Å². The van der Waals surface area contributed by atoms with E-state index >= 15 is 0 Å². The van der Waals surface area contributed by atoms with E-state index in [-0.39, 0.29) is 0 Å². The van der Waals surface area contributed by atoms with Gasteiger partial charge in [0, 0.05) is 78.5 Å². The molecule has 12 aromatic carbocycles. The Balaban J connectivity index is 0.000000863. The van der Waals surface area contributed by atoms with Gasteiger partial charge < -0.3 is 58.8 Å². The summed E-state index contributed by atoms with van der Waals surface area (Å²) < 4.78 is 0. The molecule has 0 atom stereocenters. The maximum Gasteiger partial charge on any atom is 0.0233 e. The van der Waals surface area contributed by atoms with Gasteiger partial charge in [-0.15, -0.1) is 0 Å². The Morgan fingerprint density at radius 1 is 0.133 bits per heavy atom. The largest absolute Gasteiger partial charge is 0.305 e. The minimum absolute atomic E-state index is 1.00. The Bertz CT molecular complexity index is 5620. The van der Waals surface area contributed by atoms with Gasteiger partial charge in [-0.05, 0) is 420 Å². The molecule has 0 unspecified atom stereocenters. The molecule has 0 bridgehead atoms. The first kappa shape index (κ1) is 138. The number of benzene rings is 12. The van der Waals surface area contributed by atoms with E-state index in [0.29, 0.717) is 0 Å². The Hall–Kier alpha value is -9.84. The van der Waals surface area contributed by atoms with Crippen molar-refractivity contribution < 1.29 is 0 Å². The van der Waals surface area contributed by atoms with Gasteiger partial charge in [0.1, 0.15) is 0 Å². The summed E-state index contributed by atoms with van der Waals surface area (Å²) in [5.74, 6) is 0. The number of hydrogen-bond acceptors (Lipinski definition) is 12. The summed E-state index contributed by atoms with van der Waals surface area (Å²) in [5, 5.41) is 0. The summed E-state index contributed by atoms with van der Waals surface area (Å²) in [6, 6.07) is 82.2. The van der Waals surface area contributed by atoms with Gasteiger partial charge in [-0.3, -0.25) is 0 Å². The first-order chi connectivity index (χ1) is 72.3. The lowest BCUT2D eigenvalue weighted by Crippen LogP contribution is -2.13. The van der Waals surface area contributed by atoms with Crippen LogP contribution < -0.4 is 0 Å². The molecular weight excluding hydrogens is 1830 g/mol. The van der Waals surface area contributed by atoms with Crippen molar-refractivity contribution in [3.05, 3.63) is 352 Å². The molecule has 12 aromatic rings. The lowest BCUT2D eigenvalue weighted by molar-refractivity contribution is 0.400. The van der Waals surface area contributed by atoms with E-state index in [0.717, 1.165) is 117 Å². The molecule has 150 heavy (non-hydrogen) atoms. The second-order valence-electron chi connectivity index (χ2n) is 39.5. The molecule has 0 spiro atoms. The lowest BCUT2D eigenvalue weighted by Gasteiger charge is -2.15. The van der Waals surface area contributed by atoms with Crippen molar-refractivity contribution in [1.82, 2.24) is 58.8 Å². The second-order valence-corrected chi connectivity index (χ2v) is 39.5.